The standard InChI is InChI=1S/C13H16N2O/c1-3-11(2)6-4-9-15-13(16)12-7-5-8-14-10-12/h3-8,10H,9H2,1-2H3,(H,15,16)/b6-4+,11-3+. The summed E-state index contributed by atoms with van der Waals surface area (Å²) in [6.45, 7) is 4.52. The van der Waals surface area contributed by atoms with Crippen molar-refractivity contribution < 1.29 is 4.79 Å². The second-order valence-electron chi connectivity index (χ2n) is 3.39. The van der Waals surface area contributed by atoms with Crippen LogP contribution in [0, 0.1) is 0 Å². The van der Waals surface area contributed by atoms with Crippen molar-refractivity contribution in [2.24, 2.45) is 0 Å². The molecule has 3 heteroatoms. The SMILES string of the molecule is C/C=C(C)/C=C/CNC(=O)c1cccnc1. The molecule has 0 bridgehead atoms. The van der Waals surface area contributed by atoms with Gasteiger partial charge in [-0.2, -0.15) is 0 Å². The number of allylic oxidation sites excluding steroid dienone is 3. The number of aromatic nitrogens is 1. The number of carbonyl (C=O) groups excluding carboxylic acids is 1. The van der Waals surface area contributed by atoms with Crippen molar-refractivity contribution in [3.63, 3.8) is 0 Å². The molecule has 0 aromatic carbocycles. The van der Waals surface area contributed by atoms with Gasteiger partial charge >= 0.3 is 0 Å². The fourth-order valence-corrected chi connectivity index (χ4v) is 1.09. The Morgan fingerprint density at radius 3 is 3.00 bits per heavy atom. The van der Waals surface area contributed by atoms with Crippen LogP contribution in [0.1, 0.15) is 24.2 Å². The second-order valence-corrected chi connectivity index (χ2v) is 3.39. The Hall–Kier alpha value is -1.90. The zero-order chi connectivity index (χ0) is 11.8. The highest BCUT2D eigenvalue weighted by molar-refractivity contribution is 5.93. The van der Waals surface area contributed by atoms with Crippen molar-refractivity contribution in [2.45, 2.75) is 13.8 Å². The van der Waals surface area contributed by atoms with E-state index >= 15 is 0 Å². The molecule has 1 amide bonds. The van der Waals surface area contributed by atoms with Crippen LogP contribution in [-0.2, 0) is 0 Å². The van der Waals surface area contributed by atoms with Crippen molar-refractivity contribution in [3.8, 4) is 0 Å². The summed E-state index contributed by atoms with van der Waals surface area (Å²) in [6.07, 6.45) is 9.11. The number of amides is 1. The first kappa shape index (κ1) is 12.2. The van der Waals surface area contributed by atoms with Gasteiger partial charge in [-0.1, -0.05) is 23.8 Å². The summed E-state index contributed by atoms with van der Waals surface area (Å²) in [5.41, 5.74) is 1.76. The van der Waals surface area contributed by atoms with Crippen LogP contribution in [0.4, 0.5) is 0 Å². The molecule has 0 aliphatic heterocycles. The smallest absolute Gasteiger partial charge is 0.253 e. The maximum absolute atomic E-state index is 11.6. The minimum atomic E-state index is -0.101. The first-order chi connectivity index (χ1) is 7.74. The average molecular weight is 216 g/mol. The number of hydrogen-bond acceptors (Lipinski definition) is 2. The maximum atomic E-state index is 11.6. The summed E-state index contributed by atoms with van der Waals surface area (Å²) in [5.74, 6) is -0.101. The summed E-state index contributed by atoms with van der Waals surface area (Å²) in [5, 5.41) is 2.79. The van der Waals surface area contributed by atoms with Crippen molar-refractivity contribution in [1.82, 2.24) is 10.3 Å². The van der Waals surface area contributed by atoms with Crippen LogP contribution in [0.25, 0.3) is 0 Å². The Bertz CT molecular complexity index is 394. The molecule has 16 heavy (non-hydrogen) atoms. The first-order valence-electron chi connectivity index (χ1n) is 5.21. The van der Waals surface area contributed by atoms with E-state index in [-0.39, 0.29) is 5.91 Å². The lowest BCUT2D eigenvalue weighted by atomic mass is 10.2. The number of nitrogens with zero attached hydrogens (tertiary/aromatic N) is 1. The Balaban J connectivity index is 2.40. The van der Waals surface area contributed by atoms with Gasteiger partial charge in [0, 0.05) is 18.9 Å². The topological polar surface area (TPSA) is 42.0 Å². The molecule has 0 aliphatic rings. The third kappa shape index (κ3) is 4.09. The number of rotatable bonds is 4. The first-order valence-corrected chi connectivity index (χ1v) is 5.21. The molecule has 1 aromatic heterocycles. The zero-order valence-corrected chi connectivity index (χ0v) is 9.60. The van der Waals surface area contributed by atoms with Gasteiger partial charge in [-0.15, -0.1) is 0 Å². The highest BCUT2D eigenvalue weighted by atomic mass is 16.1. The van der Waals surface area contributed by atoms with E-state index in [9.17, 15) is 4.79 Å². The predicted molar refractivity (Wildman–Crippen MR) is 65.1 cm³/mol. The minimum absolute atomic E-state index is 0.101. The molecule has 1 N–H and O–H groups in total. The predicted octanol–water partition coefficient (Wildman–Crippen LogP) is 2.33. The molecule has 1 aromatic rings. The molecule has 0 radical (unpaired) electrons. The summed E-state index contributed by atoms with van der Waals surface area (Å²) in [6, 6.07) is 3.48. The third-order valence-corrected chi connectivity index (χ3v) is 2.14. The molecular weight excluding hydrogens is 200 g/mol. The van der Waals surface area contributed by atoms with Gasteiger partial charge in [0.2, 0.25) is 0 Å². The van der Waals surface area contributed by atoms with Gasteiger partial charge in [-0.05, 0) is 26.0 Å². The summed E-state index contributed by atoms with van der Waals surface area (Å²) in [7, 11) is 0. The van der Waals surface area contributed by atoms with Gasteiger partial charge in [-0.25, -0.2) is 0 Å². The number of nitrogens with one attached hydrogen (secondary N) is 1. The third-order valence-electron chi connectivity index (χ3n) is 2.14. The van der Waals surface area contributed by atoms with Crippen LogP contribution in [0.2, 0.25) is 0 Å². The molecule has 0 atom stereocenters. The van der Waals surface area contributed by atoms with Crippen LogP contribution < -0.4 is 5.32 Å². The van der Waals surface area contributed by atoms with Gasteiger partial charge in [0.15, 0.2) is 0 Å². The lowest BCUT2D eigenvalue weighted by Gasteiger charge is -2.00. The van der Waals surface area contributed by atoms with Crippen LogP contribution in [0.3, 0.4) is 0 Å². The highest BCUT2D eigenvalue weighted by Crippen LogP contribution is 1.95. The van der Waals surface area contributed by atoms with Gasteiger partial charge in [0.1, 0.15) is 0 Å². The van der Waals surface area contributed by atoms with E-state index < -0.39 is 0 Å². The highest BCUT2D eigenvalue weighted by Gasteiger charge is 2.01. The van der Waals surface area contributed by atoms with Crippen molar-refractivity contribution in [2.75, 3.05) is 6.54 Å². The molecule has 84 valence electrons. The quantitative estimate of drug-likeness (QED) is 0.785. The Labute approximate surface area is 95.9 Å². The monoisotopic (exact) mass is 216 g/mol. The van der Waals surface area contributed by atoms with Gasteiger partial charge in [0.25, 0.3) is 5.91 Å². The van der Waals surface area contributed by atoms with Gasteiger partial charge in [-0.3, -0.25) is 9.78 Å². The molecule has 0 fully saturated rings. The fourth-order valence-electron chi connectivity index (χ4n) is 1.09. The van der Waals surface area contributed by atoms with Crippen molar-refractivity contribution in [1.29, 1.82) is 0 Å². The van der Waals surface area contributed by atoms with Crippen LogP contribution in [0.15, 0.2) is 48.3 Å². The Morgan fingerprint density at radius 1 is 1.56 bits per heavy atom. The Morgan fingerprint density at radius 2 is 2.38 bits per heavy atom. The molecule has 0 saturated carbocycles. The molecule has 0 saturated heterocycles. The lowest BCUT2D eigenvalue weighted by Crippen LogP contribution is -2.23. The Kier molecular flexibility index (Phi) is 4.99. The normalized spacial score (nSPS) is 11.8. The minimum Gasteiger partial charge on any atom is -0.349 e. The second kappa shape index (κ2) is 6.56. The largest absolute Gasteiger partial charge is 0.349 e. The van der Waals surface area contributed by atoms with E-state index in [1.807, 2.05) is 32.1 Å². The zero-order valence-electron chi connectivity index (χ0n) is 9.60. The van der Waals surface area contributed by atoms with E-state index in [1.54, 1.807) is 24.5 Å². The van der Waals surface area contributed by atoms with E-state index in [0.29, 0.717) is 12.1 Å². The molecule has 0 aliphatic carbocycles. The van der Waals surface area contributed by atoms with Crippen LogP contribution >= 0.6 is 0 Å². The van der Waals surface area contributed by atoms with Gasteiger partial charge < -0.3 is 5.32 Å². The van der Waals surface area contributed by atoms with Gasteiger partial charge in [0.05, 0.1) is 5.56 Å². The number of hydrogen-bond donors (Lipinski definition) is 1. The van der Waals surface area contributed by atoms with E-state index in [1.165, 1.54) is 5.57 Å². The van der Waals surface area contributed by atoms with E-state index in [2.05, 4.69) is 10.3 Å². The lowest BCUT2D eigenvalue weighted by molar-refractivity contribution is 0.0957. The molecule has 1 heterocycles. The summed E-state index contributed by atoms with van der Waals surface area (Å²) < 4.78 is 0. The van der Waals surface area contributed by atoms with Crippen molar-refractivity contribution in [3.05, 3.63) is 53.9 Å². The van der Waals surface area contributed by atoms with E-state index in [0.717, 1.165) is 0 Å². The van der Waals surface area contributed by atoms with E-state index in [4.69, 9.17) is 0 Å². The molecule has 0 unspecified atom stereocenters. The maximum Gasteiger partial charge on any atom is 0.253 e. The van der Waals surface area contributed by atoms with Crippen molar-refractivity contribution >= 4 is 5.91 Å². The average Bonchev–Trinajstić information content (AvgIpc) is 2.35. The van der Waals surface area contributed by atoms with Crippen LogP contribution in [0.5, 0.6) is 0 Å². The summed E-state index contributed by atoms with van der Waals surface area (Å²) >= 11 is 0. The van der Waals surface area contributed by atoms with Crippen LogP contribution in [-0.4, -0.2) is 17.4 Å². The summed E-state index contributed by atoms with van der Waals surface area (Å²) in [4.78, 5) is 15.4. The molecular formula is C13H16N2O. The molecule has 1 rings (SSSR count). The molecule has 0 spiro atoms. The number of carbonyl (C=O) groups is 1. The fraction of sp³-hybridized carbons (Fsp3) is 0.231. The molecule has 3 nitrogen and oxygen atoms in total. The number of pyridine rings is 1.